The first-order valence-electron chi connectivity index (χ1n) is 23.7. The zero-order chi connectivity index (χ0) is 46.4. The molecule has 13 rings (SSSR count). The molecule has 0 atom stereocenters. The van der Waals surface area contributed by atoms with Crippen LogP contribution in [0.4, 0.5) is 0 Å². The van der Waals surface area contributed by atoms with Gasteiger partial charge in [0.25, 0.3) is 0 Å². The third-order valence-electron chi connectivity index (χ3n) is 13.4. The predicted octanol–water partition coefficient (Wildman–Crippen LogP) is 16.6. The molecule has 70 heavy (non-hydrogen) atoms. The van der Waals surface area contributed by atoms with E-state index >= 15 is 0 Å². The molecule has 0 aliphatic heterocycles. The fraction of sp³-hybridized carbons (Fsp3) is 0. The maximum absolute atomic E-state index is 5.53. The molecular formula is C65H43N5. The van der Waals surface area contributed by atoms with Crippen molar-refractivity contribution in [1.29, 1.82) is 0 Å². The first kappa shape index (κ1) is 40.8. The van der Waals surface area contributed by atoms with Crippen molar-refractivity contribution in [3.05, 3.63) is 261 Å². The standard InChI is InChI=1S/C65H43N5/c1-7-19-44(20-8-1)52-35-37-57-61(41-52)69-62-42-53(46-31-33-50(34-32-46)59-43-58(49-27-15-5-16-28-49)66-64(67-59)51-29-17-6-18-30-51)36-38-60(62)70(65(69)68-57)63-55(47-23-11-3-12-24-47)39-54(45-21-9-2-10-22-45)40-56(63)48-25-13-4-14-26-48/h1-43H. The van der Waals surface area contributed by atoms with Crippen molar-refractivity contribution in [3.63, 3.8) is 0 Å². The third-order valence-corrected chi connectivity index (χ3v) is 13.4. The quantitative estimate of drug-likeness (QED) is 0.145. The number of nitrogens with zero attached hydrogens (tertiary/aromatic N) is 5. The molecule has 0 aliphatic rings. The van der Waals surface area contributed by atoms with Gasteiger partial charge in [0.2, 0.25) is 5.78 Å². The van der Waals surface area contributed by atoms with Gasteiger partial charge in [-0.3, -0.25) is 8.97 Å². The van der Waals surface area contributed by atoms with Gasteiger partial charge in [-0.2, -0.15) is 0 Å². The summed E-state index contributed by atoms with van der Waals surface area (Å²) in [4.78, 5) is 15.7. The Labute approximate surface area is 406 Å². The fourth-order valence-corrected chi connectivity index (χ4v) is 9.91. The molecule has 13 aromatic rings. The van der Waals surface area contributed by atoms with Crippen LogP contribution in [-0.4, -0.2) is 23.9 Å². The number of fused-ring (bicyclic) bond motifs is 5. The molecule has 0 amide bonds. The molecule has 3 heterocycles. The number of rotatable bonds is 9. The smallest absolute Gasteiger partial charge is 0.220 e. The second kappa shape index (κ2) is 17.3. The summed E-state index contributed by atoms with van der Waals surface area (Å²) < 4.78 is 4.76. The summed E-state index contributed by atoms with van der Waals surface area (Å²) in [5.41, 5.74) is 21.3. The maximum Gasteiger partial charge on any atom is 0.220 e. The second-order valence-corrected chi connectivity index (χ2v) is 17.6. The minimum Gasteiger partial charge on any atom is -0.277 e. The van der Waals surface area contributed by atoms with Gasteiger partial charge >= 0.3 is 0 Å². The lowest BCUT2D eigenvalue weighted by atomic mass is 9.90. The lowest BCUT2D eigenvalue weighted by Crippen LogP contribution is -2.02. The van der Waals surface area contributed by atoms with E-state index in [1.165, 1.54) is 0 Å². The summed E-state index contributed by atoms with van der Waals surface area (Å²) >= 11 is 0. The molecule has 0 saturated carbocycles. The fourth-order valence-electron chi connectivity index (χ4n) is 9.91. The van der Waals surface area contributed by atoms with Crippen LogP contribution in [0.3, 0.4) is 0 Å². The highest BCUT2D eigenvalue weighted by atomic mass is 15.2. The van der Waals surface area contributed by atoms with Crippen LogP contribution in [0.15, 0.2) is 261 Å². The van der Waals surface area contributed by atoms with Gasteiger partial charge in [0.15, 0.2) is 5.82 Å². The van der Waals surface area contributed by atoms with Gasteiger partial charge in [-0.25, -0.2) is 15.0 Å². The monoisotopic (exact) mass is 893 g/mol. The van der Waals surface area contributed by atoms with Crippen LogP contribution in [0.25, 0.3) is 123 Å². The Morgan fingerprint density at radius 3 is 1.20 bits per heavy atom. The Hall–Kier alpha value is -9.45. The van der Waals surface area contributed by atoms with E-state index in [2.05, 4.69) is 233 Å². The molecule has 0 unspecified atom stereocenters. The lowest BCUT2D eigenvalue weighted by molar-refractivity contribution is 1.11. The van der Waals surface area contributed by atoms with Gasteiger partial charge in [-0.05, 0) is 87.0 Å². The Morgan fingerprint density at radius 2 is 0.657 bits per heavy atom. The number of aromatic nitrogens is 5. The number of benzene rings is 10. The predicted molar refractivity (Wildman–Crippen MR) is 289 cm³/mol. The van der Waals surface area contributed by atoms with Crippen LogP contribution in [-0.2, 0) is 0 Å². The minimum absolute atomic E-state index is 0.698. The van der Waals surface area contributed by atoms with E-state index in [1.54, 1.807) is 0 Å². The van der Waals surface area contributed by atoms with E-state index in [-0.39, 0.29) is 0 Å². The van der Waals surface area contributed by atoms with E-state index in [0.717, 1.165) is 117 Å². The van der Waals surface area contributed by atoms with E-state index in [9.17, 15) is 0 Å². The molecule has 0 saturated heterocycles. The first-order chi connectivity index (χ1) is 34.7. The van der Waals surface area contributed by atoms with Crippen molar-refractivity contribution in [3.8, 4) is 95.2 Å². The van der Waals surface area contributed by atoms with Crippen molar-refractivity contribution in [2.24, 2.45) is 0 Å². The van der Waals surface area contributed by atoms with Gasteiger partial charge in [-0.1, -0.05) is 218 Å². The highest BCUT2D eigenvalue weighted by Crippen LogP contribution is 2.44. The van der Waals surface area contributed by atoms with Crippen molar-refractivity contribution in [2.45, 2.75) is 0 Å². The van der Waals surface area contributed by atoms with E-state index in [0.29, 0.717) is 5.82 Å². The maximum atomic E-state index is 5.53. The van der Waals surface area contributed by atoms with Gasteiger partial charge in [0, 0.05) is 27.8 Å². The average molecular weight is 894 g/mol. The molecule has 0 spiro atoms. The Kier molecular flexibility index (Phi) is 10.1. The average Bonchev–Trinajstić information content (AvgIpc) is 3.98. The highest BCUT2D eigenvalue weighted by molar-refractivity contribution is 6.00. The summed E-state index contributed by atoms with van der Waals surface area (Å²) in [7, 11) is 0. The largest absolute Gasteiger partial charge is 0.277 e. The van der Waals surface area contributed by atoms with Crippen molar-refractivity contribution < 1.29 is 0 Å². The highest BCUT2D eigenvalue weighted by Gasteiger charge is 2.25. The SMILES string of the molecule is c1ccc(-c2cc(-c3ccccc3)c(-n3c4ccc(-c5ccc(-c6cc(-c7ccccc7)nc(-c7ccccc7)n6)cc5)cc4n4c5cc(-c6ccccc6)ccc5nc34)c(-c3ccccc3)c2)cc1. The van der Waals surface area contributed by atoms with E-state index in [1.807, 2.05) is 36.4 Å². The summed E-state index contributed by atoms with van der Waals surface area (Å²) in [6.45, 7) is 0. The number of hydrogen-bond acceptors (Lipinski definition) is 3. The van der Waals surface area contributed by atoms with Gasteiger partial charge < -0.3 is 0 Å². The molecule has 0 radical (unpaired) electrons. The van der Waals surface area contributed by atoms with Crippen molar-refractivity contribution in [2.75, 3.05) is 0 Å². The van der Waals surface area contributed by atoms with E-state index in [4.69, 9.17) is 15.0 Å². The van der Waals surface area contributed by atoms with Crippen LogP contribution in [0.5, 0.6) is 0 Å². The number of imidazole rings is 2. The topological polar surface area (TPSA) is 48.0 Å². The van der Waals surface area contributed by atoms with Gasteiger partial charge in [0.05, 0.1) is 39.1 Å². The molecule has 0 aliphatic carbocycles. The van der Waals surface area contributed by atoms with Crippen LogP contribution >= 0.6 is 0 Å². The van der Waals surface area contributed by atoms with Crippen LogP contribution < -0.4 is 0 Å². The Morgan fingerprint density at radius 1 is 0.257 bits per heavy atom. The molecule has 10 aromatic carbocycles. The molecule has 0 bridgehead atoms. The molecule has 3 aromatic heterocycles. The third kappa shape index (κ3) is 7.34. The summed E-state index contributed by atoms with van der Waals surface area (Å²) in [6.07, 6.45) is 0. The molecular weight excluding hydrogens is 851 g/mol. The van der Waals surface area contributed by atoms with Crippen LogP contribution in [0.2, 0.25) is 0 Å². The van der Waals surface area contributed by atoms with Crippen LogP contribution in [0.1, 0.15) is 0 Å². The Balaban J connectivity index is 1.03. The second-order valence-electron chi connectivity index (χ2n) is 17.6. The first-order valence-corrected chi connectivity index (χ1v) is 23.7. The van der Waals surface area contributed by atoms with Crippen LogP contribution in [0, 0.1) is 0 Å². The van der Waals surface area contributed by atoms with Gasteiger partial charge in [0.1, 0.15) is 0 Å². The Bertz CT molecular complexity index is 3880. The molecule has 5 nitrogen and oxygen atoms in total. The summed E-state index contributed by atoms with van der Waals surface area (Å²) in [5.74, 6) is 1.54. The zero-order valence-electron chi connectivity index (χ0n) is 38.1. The lowest BCUT2D eigenvalue weighted by Gasteiger charge is -2.20. The molecule has 5 heteroatoms. The number of hydrogen-bond donors (Lipinski definition) is 0. The van der Waals surface area contributed by atoms with Crippen molar-refractivity contribution >= 4 is 27.8 Å². The minimum atomic E-state index is 0.698. The van der Waals surface area contributed by atoms with E-state index < -0.39 is 0 Å². The summed E-state index contributed by atoms with van der Waals surface area (Å²) in [6, 6.07) is 92.4. The normalized spacial score (nSPS) is 11.4. The van der Waals surface area contributed by atoms with Crippen molar-refractivity contribution in [1.82, 2.24) is 23.9 Å². The molecule has 328 valence electrons. The summed E-state index contributed by atoms with van der Waals surface area (Å²) in [5, 5.41) is 0. The van der Waals surface area contributed by atoms with Gasteiger partial charge in [-0.15, -0.1) is 0 Å². The molecule has 0 N–H and O–H groups in total. The zero-order valence-corrected chi connectivity index (χ0v) is 38.1. The molecule has 0 fully saturated rings.